The molecule has 1 unspecified atom stereocenters. The molecular weight excluding hydrogens is 210 g/mol. The van der Waals surface area contributed by atoms with Gasteiger partial charge in [-0.2, -0.15) is 0 Å². The summed E-state index contributed by atoms with van der Waals surface area (Å²) in [5.74, 6) is 0.830. The summed E-state index contributed by atoms with van der Waals surface area (Å²) in [7, 11) is 0. The van der Waals surface area contributed by atoms with Gasteiger partial charge in [0.2, 0.25) is 0 Å². The molecule has 94 valence electrons. The van der Waals surface area contributed by atoms with E-state index in [0.29, 0.717) is 18.2 Å². The number of aromatic hydroxyl groups is 1. The first-order valence-electron chi connectivity index (χ1n) is 6.69. The number of phenolic OH excluding ortho intramolecular Hbond substituents is 1. The van der Waals surface area contributed by atoms with Gasteiger partial charge in [0.1, 0.15) is 5.75 Å². The van der Waals surface area contributed by atoms with Crippen LogP contribution in [-0.4, -0.2) is 11.7 Å². The van der Waals surface area contributed by atoms with E-state index in [0.717, 1.165) is 18.4 Å². The van der Waals surface area contributed by atoms with Crippen molar-refractivity contribution in [2.24, 2.45) is 5.73 Å². The number of nitrogens with two attached hydrogens (primary N) is 1. The lowest BCUT2D eigenvalue weighted by Gasteiger charge is -2.24. The average Bonchev–Trinajstić information content (AvgIpc) is 2.29. The van der Waals surface area contributed by atoms with E-state index >= 15 is 0 Å². The summed E-state index contributed by atoms with van der Waals surface area (Å²) >= 11 is 0. The quantitative estimate of drug-likeness (QED) is 0.843. The Kier molecular flexibility index (Phi) is 3.72. The molecule has 0 amide bonds. The molecule has 0 heterocycles. The molecule has 0 aliphatic heterocycles. The number of aryl methyl sites for hydroxylation is 1. The molecule has 1 aromatic rings. The van der Waals surface area contributed by atoms with E-state index in [-0.39, 0.29) is 0 Å². The second-order valence-corrected chi connectivity index (χ2v) is 5.26. The van der Waals surface area contributed by atoms with Crippen molar-refractivity contribution in [3.05, 3.63) is 28.3 Å². The fraction of sp³-hybridized carbons (Fsp3) is 0.600. The van der Waals surface area contributed by atoms with Gasteiger partial charge < -0.3 is 10.8 Å². The van der Waals surface area contributed by atoms with Crippen molar-refractivity contribution in [3.63, 3.8) is 0 Å². The van der Waals surface area contributed by atoms with E-state index in [9.17, 15) is 5.11 Å². The third kappa shape index (κ3) is 2.32. The van der Waals surface area contributed by atoms with Gasteiger partial charge in [-0.15, -0.1) is 0 Å². The second-order valence-electron chi connectivity index (χ2n) is 5.26. The van der Waals surface area contributed by atoms with Gasteiger partial charge >= 0.3 is 0 Å². The Morgan fingerprint density at radius 3 is 2.76 bits per heavy atom. The van der Waals surface area contributed by atoms with Crippen LogP contribution >= 0.6 is 0 Å². The van der Waals surface area contributed by atoms with Gasteiger partial charge in [0.25, 0.3) is 0 Å². The highest BCUT2D eigenvalue weighted by atomic mass is 16.3. The van der Waals surface area contributed by atoms with E-state index < -0.39 is 0 Å². The van der Waals surface area contributed by atoms with E-state index in [1.165, 1.54) is 36.0 Å². The molecule has 1 aliphatic rings. The summed E-state index contributed by atoms with van der Waals surface area (Å²) in [5.41, 5.74) is 10.9. The fourth-order valence-electron chi connectivity index (χ4n) is 3.13. The van der Waals surface area contributed by atoms with Gasteiger partial charge in [0.15, 0.2) is 0 Å². The molecule has 1 atom stereocenters. The minimum atomic E-state index is 0.354. The van der Waals surface area contributed by atoms with Crippen LogP contribution in [0, 0.1) is 6.92 Å². The molecule has 0 spiro atoms. The Bertz CT molecular complexity index is 412. The molecule has 1 aromatic carbocycles. The molecule has 0 aromatic heterocycles. The first-order valence-corrected chi connectivity index (χ1v) is 6.69. The topological polar surface area (TPSA) is 46.2 Å². The van der Waals surface area contributed by atoms with Crippen LogP contribution in [0.5, 0.6) is 5.75 Å². The predicted molar refractivity (Wildman–Crippen MR) is 71.6 cm³/mol. The van der Waals surface area contributed by atoms with E-state index in [2.05, 4.69) is 13.8 Å². The van der Waals surface area contributed by atoms with Crippen LogP contribution < -0.4 is 5.73 Å². The summed E-state index contributed by atoms with van der Waals surface area (Å²) in [5, 5.41) is 10.2. The van der Waals surface area contributed by atoms with Crippen molar-refractivity contribution in [3.8, 4) is 5.75 Å². The highest BCUT2D eigenvalue weighted by Gasteiger charge is 2.20. The molecule has 3 N–H and O–H groups in total. The van der Waals surface area contributed by atoms with Gasteiger partial charge in [-0.25, -0.2) is 0 Å². The molecule has 2 heteroatoms. The van der Waals surface area contributed by atoms with Crippen molar-refractivity contribution < 1.29 is 5.11 Å². The summed E-state index contributed by atoms with van der Waals surface area (Å²) in [6.07, 6.45) is 5.76. The molecule has 0 saturated carbocycles. The second kappa shape index (κ2) is 5.09. The third-order valence-corrected chi connectivity index (χ3v) is 4.05. The van der Waals surface area contributed by atoms with E-state index in [4.69, 9.17) is 5.73 Å². The third-order valence-electron chi connectivity index (χ3n) is 4.05. The molecule has 0 bridgehead atoms. The molecule has 0 saturated heterocycles. The minimum Gasteiger partial charge on any atom is -0.508 e. The number of rotatable bonds is 3. The standard InChI is InChI=1S/C15H23NO/c1-10(7-8-16)15-11(2)13-6-4-3-5-12(13)9-14(15)17/h9-10,17H,3-8,16H2,1-2H3. The minimum absolute atomic E-state index is 0.354. The highest BCUT2D eigenvalue weighted by Crippen LogP contribution is 2.37. The smallest absolute Gasteiger partial charge is 0.119 e. The zero-order valence-electron chi connectivity index (χ0n) is 10.9. The van der Waals surface area contributed by atoms with Gasteiger partial charge in [0.05, 0.1) is 0 Å². The zero-order chi connectivity index (χ0) is 12.4. The molecule has 1 aliphatic carbocycles. The Labute approximate surface area is 104 Å². The first kappa shape index (κ1) is 12.4. The Morgan fingerprint density at radius 2 is 2.06 bits per heavy atom. The molecule has 17 heavy (non-hydrogen) atoms. The lowest BCUT2D eigenvalue weighted by molar-refractivity contribution is 0.457. The van der Waals surface area contributed by atoms with Crippen molar-refractivity contribution in [1.29, 1.82) is 0 Å². The maximum atomic E-state index is 10.2. The van der Waals surface area contributed by atoms with Crippen molar-refractivity contribution in [2.75, 3.05) is 6.54 Å². The fourth-order valence-corrected chi connectivity index (χ4v) is 3.13. The van der Waals surface area contributed by atoms with Gasteiger partial charge in [-0.1, -0.05) is 6.92 Å². The van der Waals surface area contributed by atoms with Crippen molar-refractivity contribution in [1.82, 2.24) is 0 Å². The molecule has 0 fully saturated rings. The highest BCUT2D eigenvalue weighted by molar-refractivity contribution is 5.50. The molecule has 0 radical (unpaired) electrons. The van der Waals surface area contributed by atoms with Gasteiger partial charge in [-0.05, 0) is 79.8 Å². The van der Waals surface area contributed by atoms with Crippen LogP contribution in [0.3, 0.4) is 0 Å². The molecular formula is C15H23NO. The largest absolute Gasteiger partial charge is 0.508 e. The van der Waals surface area contributed by atoms with Crippen LogP contribution in [0.2, 0.25) is 0 Å². The number of hydrogen-bond acceptors (Lipinski definition) is 2. The monoisotopic (exact) mass is 233 g/mol. The average molecular weight is 233 g/mol. The van der Waals surface area contributed by atoms with Crippen LogP contribution in [0.4, 0.5) is 0 Å². The Balaban J connectivity index is 2.45. The van der Waals surface area contributed by atoms with Crippen LogP contribution in [0.15, 0.2) is 6.07 Å². The van der Waals surface area contributed by atoms with E-state index in [1.54, 1.807) is 0 Å². The first-order chi connectivity index (χ1) is 8.15. The van der Waals surface area contributed by atoms with Crippen LogP contribution in [-0.2, 0) is 12.8 Å². The van der Waals surface area contributed by atoms with Crippen molar-refractivity contribution in [2.45, 2.75) is 51.9 Å². The summed E-state index contributed by atoms with van der Waals surface area (Å²) in [6, 6.07) is 1.99. The zero-order valence-corrected chi connectivity index (χ0v) is 10.9. The number of hydrogen-bond donors (Lipinski definition) is 2. The van der Waals surface area contributed by atoms with Crippen LogP contribution in [0.25, 0.3) is 0 Å². The van der Waals surface area contributed by atoms with Gasteiger partial charge in [0, 0.05) is 0 Å². The number of phenols is 1. The number of fused-ring (bicyclic) bond motifs is 1. The predicted octanol–water partition coefficient (Wildman–Crippen LogP) is 3.03. The maximum absolute atomic E-state index is 10.2. The molecule has 2 rings (SSSR count). The summed E-state index contributed by atoms with van der Waals surface area (Å²) in [4.78, 5) is 0. The number of benzene rings is 1. The summed E-state index contributed by atoms with van der Waals surface area (Å²) < 4.78 is 0. The summed E-state index contributed by atoms with van der Waals surface area (Å²) in [6.45, 7) is 4.99. The SMILES string of the molecule is Cc1c2c(cc(O)c1C(C)CCN)CCCC2. The van der Waals surface area contributed by atoms with E-state index in [1.807, 2.05) is 6.07 Å². The molecule has 2 nitrogen and oxygen atoms in total. The Hall–Kier alpha value is -1.02. The van der Waals surface area contributed by atoms with Crippen molar-refractivity contribution >= 4 is 0 Å². The normalized spacial score (nSPS) is 16.6. The lowest BCUT2D eigenvalue weighted by Crippen LogP contribution is -2.11. The van der Waals surface area contributed by atoms with Crippen LogP contribution in [0.1, 0.15) is 54.4 Å². The lowest BCUT2D eigenvalue weighted by atomic mass is 9.82. The van der Waals surface area contributed by atoms with Gasteiger partial charge in [-0.3, -0.25) is 0 Å². The maximum Gasteiger partial charge on any atom is 0.119 e. The Morgan fingerprint density at radius 1 is 1.35 bits per heavy atom.